The number of rotatable bonds is 2. The number of benzene rings is 2. The van der Waals surface area contributed by atoms with Crippen molar-refractivity contribution in [2.45, 2.75) is 0 Å². The fourth-order valence-electron chi connectivity index (χ4n) is 2.09. The standard InChI is InChI=1S/C16H11BrO3/c1-19-13-5-3-2-4-10(13)8-15-16(18)12-9-11(17)6-7-14(12)20-15/h2-9H,1H3/b15-8-. The van der Waals surface area contributed by atoms with E-state index in [9.17, 15) is 4.79 Å². The third-order valence-electron chi connectivity index (χ3n) is 3.06. The first-order valence-electron chi connectivity index (χ1n) is 6.06. The van der Waals surface area contributed by atoms with Crippen molar-refractivity contribution >= 4 is 27.8 Å². The van der Waals surface area contributed by atoms with E-state index in [1.54, 1.807) is 25.3 Å². The minimum Gasteiger partial charge on any atom is -0.496 e. The zero-order valence-corrected chi connectivity index (χ0v) is 12.3. The number of fused-ring (bicyclic) bond motifs is 1. The van der Waals surface area contributed by atoms with Gasteiger partial charge in [-0.1, -0.05) is 34.1 Å². The van der Waals surface area contributed by atoms with Gasteiger partial charge in [-0.25, -0.2) is 0 Å². The van der Waals surface area contributed by atoms with Crippen LogP contribution in [0.15, 0.2) is 52.7 Å². The molecule has 1 heterocycles. The average Bonchev–Trinajstić information content (AvgIpc) is 2.76. The minimum absolute atomic E-state index is 0.118. The highest BCUT2D eigenvalue weighted by Crippen LogP contribution is 2.34. The molecule has 0 aromatic heterocycles. The van der Waals surface area contributed by atoms with E-state index >= 15 is 0 Å². The van der Waals surface area contributed by atoms with E-state index in [1.807, 2.05) is 30.3 Å². The molecule has 0 saturated heterocycles. The van der Waals surface area contributed by atoms with Crippen molar-refractivity contribution in [3.8, 4) is 11.5 Å². The summed E-state index contributed by atoms with van der Waals surface area (Å²) in [6.07, 6.45) is 1.70. The van der Waals surface area contributed by atoms with E-state index in [0.717, 1.165) is 10.0 Å². The van der Waals surface area contributed by atoms with Crippen molar-refractivity contribution in [3.63, 3.8) is 0 Å². The summed E-state index contributed by atoms with van der Waals surface area (Å²) in [5.74, 6) is 1.47. The van der Waals surface area contributed by atoms with Gasteiger partial charge < -0.3 is 9.47 Å². The molecule has 0 N–H and O–H groups in total. The molecule has 2 aromatic carbocycles. The van der Waals surface area contributed by atoms with Crippen molar-refractivity contribution < 1.29 is 14.3 Å². The molecule has 0 aliphatic carbocycles. The minimum atomic E-state index is -0.118. The predicted molar refractivity (Wildman–Crippen MR) is 80.1 cm³/mol. The van der Waals surface area contributed by atoms with Crippen molar-refractivity contribution in [2.75, 3.05) is 7.11 Å². The molecule has 0 fully saturated rings. The molecule has 0 bridgehead atoms. The van der Waals surface area contributed by atoms with Crippen LogP contribution in [0.3, 0.4) is 0 Å². The predicted octanol–water partition coefficient (Wildman–Crippen LogP) is 4.07. The van der Waals surface area contributed by atoms with Gasteiger partial charge in [0.05, 0.1) is 12.7 Å². The summed E-state index contributed by atoms with van der Waals surface area (Å²) in [5.41, 5.74) is 1.38. The molecule has 0 amide bonds. The number of Topliss-reactive ketones (excluding diaryl/α,β-unsaturated/α-hetero) is 1. The number of para-hydroxylation sites is 1. The average molecular weight is 331 g/mol. The van der Waals surface area contributed by atoms with Gasteiger partial charge in [-0.2, -0.15) is 0 Å². The van der Waals surface area contributed by atoms with E-state index in [-0.39, 0.29) is 5.78 Å². The van der Waals surface area contributed by atoms with Gasteiger partial charge in [0, 0.05) is 10.0 Å². The van der Waals surface area contributed by atoms with Crippen molar-refractivity contribution in [1.82, 2.24) is 0 Å². The fraction of sp³-hybridized carbons (Fsp3) is 0.0625. The number of ether oxygens (including phenoxy) is 2. The van der Waals surface area contributed by atoms with Gasteiger partial charge >= 0.3 is 0 Å². The number of allylic oxidation sites excluding steroid dienone is 1. The molecule has 0 atom stereocenters. The smallest absolute Gasteiger partial charge is 0.232 e. The van der Waals surface area contributed by atoms with E-state index in [2.05, 4.69) is 15.9 Å². The molecule has 2 aromatic rings. The van der Waals surface area contributed by atoms with Gasteiger partial charge in [0.2, 0.25) is 5.78 Å². The second-order valence-electron chi connectivity index (χ2n) is 4.32. The second-order valence-corrected chi connectivity index (χ2v) is 5.24. The lowest BCUT2D eigenvalue weighted by molar-refractivity contribution is 0.101. The van der Waals surface area contributed by atoms with E-state index < -0.39 is 0 Å². The monoisotopic (exact) mass is 330 g/mol. The van der Waals surface area contributed by atoms with Crippen LogP contribution in [0.25, 0.3) is 6.08 Å². The summed E-state index contributed by atoms with van der Waals surface area (Å²) in [7, 11) is 1.60. The zero-order valence-electron chi connectivity index (χ0n) is 10.7. The Kier molecular flexibility index (Phi) is 3.32. The number of carbonyl (C=O) groups is 1. The topological polar surface area (TPSA) is 35.5 Å². The molecule has 1 aliphatic rings. The number of ketones is 1. The Balaban J connectivity index is 2.01. The summed E-state index contributed by atoms with van der Waals surface area (Å²) < 4.78 is 11.7. The number of methoxy groups -OCH3 is 1. The number of carbonyl (C=O) groups excluding carboxylic acids is 1. The van der Waals surface area contributed by atoms with Gasteiger partial charge in [0.1, 0.15) is 11.5 Å². The third-order valence-corrected chi connectivity index (χ3v) is 3.55. The van der Waals surface area contributed by atoms with Crippen molar-refractivity contribution in [1.29, 1.82) is 0 Å². The van der Waals surface area contributed by atoms with E-state index in [0.29, 0.717) is 22.8 Å². The van der Waals surface area contributed by atoms with Gasteiger partial charge in [-0.3, -0.25) is 4.79 Å². The fourth-order valence-corrected chi connectivity index (χ4v) is 2.45. The number of halogens is 1. The highest BCUT2D eigenvalue weighted by Gasteiger charge is 2.27. The summed E-state index contributed by atoms with van der Waals surface area (Å²) in [6.45, 7) is 0. The molecule has 100 valence electrons. The quantitative estimate of drug-likeness (QED) is 0.778. The van der Waals surface area contributed by atoms with E-state index in [1.165, 1.54) is 0 Å². The van der Waals surface area contributed by atoms with Crippen LogP contribution in [-0.4, -0.2) is 12.9 Å². The lowest BCUT2D eigenvalue weighted by atomic mass is 10.1. The Morgan fingerprint density at radius 3 is 2.80 bits per heavy atom. The van der Waals surface area contributed by atoms with Gasteiger partial charge in [-0.05, 0) is 30.3 Å². The highest BCUT2D eigenvalue weighted by molar-refractivity contribution is 9.10. The molecule has 3 rings (SSSR count). The van der Waals surface area contributed by atoms with Crippen molar-refractivity contribution in [3.05, 3.63) is 63.8 Å². The molecule has 20 heavy (non-hydrogen) atoms. The van der Waals surface area contributed by atoms with Crippen LogP contribution in [0.4, 0.5) is 0 Å². The maximum Gasteiger partial charge on any atom is 0.232 e. The summed E-state index contributed by atoms with van der Waals surface area (Å²) >= 11 is 3.35. The molecule has 0 radical (unpaired) electrons. The Morgan fingerprint density at radius 1 is 1.20 bits per heavy atom. The first-order valence-corrected chi connectivity index (χ1v) is 6.85. The summed E-state index contributed by atoms with van der Waals surface area (Å²) in [4.78, 5) is 12.3. The molecule has 1 aliphatic heterocycles. The van der Waals surface area contributed by atoms with E-state index in [4.69, 9.17) is 9.47 Å². The maximum atomic E-state index is 12.3. The van der Waals surface area contributed by atoms with Crippen LogP contribution in [0.1, 0.15) is 15.9 Å². The molecule has 3 nitrogen and oxygen atoms in total. The normalized spacial score (nSPS) is 15.1. The molecule has 4 heteroatoms. The lowest BCUT2D eigenvalue weighted by Gasteiger charge is -2.04. The van der Waals surface area contributed by atoms with Crippen LogP contribution in [0.2, 0.25) is 0 Å². The Hall–Kier alpha value is -2.07. The Bertz CT molecular complexity index is 719. The van der Waals surface area contributed by atoms with Crippen LogP contribution in [0.5, 0.6) is 11.5 Å². The summed E-state index contributed by atoms with van der Waals surface area (Å²) in [6, 6.07) is 12.9. The van der Waals surface area contributed by atoms with Crippen LogP contribution < -0.4 is 9.47 Å². The van der Waals surface area contributed by atoms with Gasteiger partial charge in [0.25, 0.3) is 0 Å². The molecule has 0 unspecified atom stereocenters. The second kappa shape index (κ2) is 5.13. The molecular weight excluding hydrogens is 320 g/mol. The Labute approximate surface area is 125 Å². The van der Waals surface area contributed by atoms with Crippen LogP contribution >= 0.6 is 15.9 Å². The first kappa shape index (κ1) is 12.9. The molecule has 0 spiro atoms. The lowest BCUT2D eigenvalue weighted by Crippen LogP contribution is -1.98. The molecular formula is C16H11BrO3. The number of hydrogen-bond donors (Lipinski definition) is 0. The van der Waals surface area contributed by atoms with Crippen molar-refractivity contribution in [2.24, 2.45) is 0 Å². The number of hydrogen-bond acceptors (Lipinski definition) is 3. The van der Waals surface area contributed by atoms with Crippen LogP contribution in [-0.2, 0) is 0 Å². The summed E-state index contributed by atoms with van der Waals surface area (Å²) in [5, 5.41) is 0. The maximum absolute atomic E-state index is 12.3. The zero-order chi connectivity index (χ0) is 14.1. The molecule has 0 saturated carbocycles. The van der Waals surface area contributed by atoms with Gasteiger partial charge in [-0.15, -0.1) is 0 Å². The van der Waals surface area contributed by atoms with Gasteiger partial charge in [0.15, 0.2) is 5.76 Å². The van der Waals surface area contributed by atoms with Crippen LogP contribution in [0, 0.1) is 0 Å². The largest absolute Gasteiger partial charge is 0.496 e. The highest BCUT2D eigenvalue weighted by atomic mass is 79.9. The SMILES string of the molecule is COc1ccccc1/C=C1\Oc2ccc(Br)cc2C1=O. The first-order chi connectivity index (χ1) is 9.69. The third kappa shape index (κ3) is 2.23. The Morgan fingerprint density at radius 2 is 2.00 bits per heavy atom.